The van der Waals surface area contributed by atoms with Crippen LogP contribution < -0.4 is 5.32 Å². The molecule has 0 radical (unpaired) electrons. The molecule has 24 heavy (non-hydrogen) atoms. The number of ether oxygens (including phenoxy) is 1. The van der Waals surface area contributed by atoms with Gasteiger partial charge in [0.2, 0.25) is 5.95 Å². The Kier molecular flexibility index (Phi) is 3.61. The second-order valence-corrected chi connectivity index (χ2v) is 5.97. The Labute approximate surface area is 142 Å². The van der Waals surface area contributed by atoms with Crippen molar-refractivity contribution in [2.45, 2.75) is 25.7 Å². The third-order valence-electron chi connectivity index (χ3n) is 3.76. The van der Waals surface area contributed by atoms with Gasteiger partial charge in [-0.25, -0.2) is 14.8 Å². The Bertz CT molecular complexity index is 914. The van der Waals surface area contributed by atoms with Crippen molar-refractivity contribution in [3.63, 3.8) is 0 Å². The zero-order valence-corrected chi connectivity index (χ0v) is 13.7. The van der Waals surface area contributed by atoms with E-state index in [1.165, 1.54) is 12.8 Å². The third-order valence-corrected chi connectivity index (χ3v) is 3.96. The molecule has 3 aromatic heterocycles. The number of aromatic nitrogens is 5. The Balaban J connectivity index is 1.68. The molecule has 1 aliphatic rings. The molecule has 1 fully saturated rings. The average Bonchev–Trinajstić information content (AvgIpc) is 3.13. The van der Waals surface area contributed by atoms with E-state index in [4.69, 9.17) is 16.3 Å². The molecule has 9 heteroatoms. The number of esters is 1. The summed E-state index contributed by atoms with van der Waals surface area (Å²) in [6, 6.07) is 3.53. The smallest absolute Gasteiger partial charge is 0.358 e. The molecule has 8 nitrogen and oxygen atoms in total. The Morgan fingerprint density at radius 1 is 1.46 bits per heavy atom. The van der Waals surface area contributed by atoms with Gasteiger partial charge < -0.3 is 10.1 Å². The summed E-state index contributed by atoms with van der Waals surface area (Å²) < 4.78 is 6.62. The van der Waals surface area contributed by atoms with Crippen molar-refractivity contribution < 1.29 is 9.53 Å². The SMILES string of the molecule is CCOC(=O)c1cn2c(Nc3cc(C4CC4)[nH]n3)nc(Cl)cc2n1. The normalized spacial score (nSPS) is 14.1. The van der Waals surface area contributed by atoms with Crippen LogP contribution >= 0.6 is 11.6 Å². The van der Waals surface area contributed by atoms with Gasteiger partial charge in [0.1, 0.15) is 10.8 Å². The number of H-pyrrole nitrogens is 1. The number of nitrogens with one attached hydrogen (secondary N) is 2. The predicted octanol–water partition coefficient (Wildman–Crippen LogP) is 2.90. The minimum absolute atomic E-state index is 0.199. The van der Waals surface area contributed by atoms with Gasteiger partial charge in [-0.2, -0.15) is 5.10 Å². The van der Waals surface area contributed by atoms with Gasteiger partial charge in [0, 0.05) is 29.9 Å². The number of halogens is 1. The minimum atomic E-state index is -0.487. The fraction of sp³-hybridized carbons (Fsp3) is 0.333. The topological polar surface area (TPSA) is 97.2 Å². The number of imidazole rings is 1. The number of aromatic amines is 1. The lowest BCUT2D eigenvalue weighted by Crippen LogP contribution is -2.04. The maximum Gasteiger partial charge on any atom is 0.358 e. The molecule has 0 aromatic carbocycles. The van der Waals surface area contributed by atoms with Gasteiger partial charge >= 0.3 is 5.97 Å². The molecule has 0 atom stereocenters. The van der Waals surface area contributed by atoms with Crippen molar-refractivity contribution in [2.75, 3.05) is 11.9 Å². The van der Waals surface area contributed by atoms with Crippen molar-refractivity contribution >= 4 is 35.0 Å². The fourth-order valence-corrected chi connectivity index (χ4v) is 2.65. The van der Waals surface area contributed by atoms with Gasteiger partial charge in [0.05, 0.1) is 6.61 Å². The van der Waals surface area contributed by atoms with Crippen LogP contribution in [0.1, 0.15) is 41.9 Å². The Morgan fingerprint density at radius 2 is 2.29 bits per heavy atom. The summed E-state index contributed by atoms with van der Waals surface area (Å²) in [5.74, 6) is 1.15. The highest BCUT2D eigenvalue weighted by molar-refractivity contribution is 6.29. The molecule has 124 valence electrons. The van der Waals surface area contributed by atoms with Gasteiger partial charge in [-0.05, 0) is 19.8 Å². The first-order chi connectivity index (χ1) is 11.6. The zero-order valence-electron chi connectivity index (χ0n) is 12.9. The van der Waals surface area contributed by atoms with E-state index in [0.29, 0.717) is 23.3 Å². The number of fused-ring (bicyclic) bond motifs is 1. The number of anilines is 2. The van der Waals surface area contributed by atoms with E-state index >= 15 is 0 Å². The lowest BCUT2D eigenvalue weighted by Gasteiger charge is -2.05. The highest BCUT2D eigenvalue weighted by Crippen LogP contribution is 2.39. The van der Waals surface area contributed by atoms with Crippen LogP contribution in [0.3, 0.4) is 0 Å². The molecule has 0 spiro atoms. The maximum absolute atomic E-state index is 11.9. The molecule has 0 unspecified atom stereocenters. The van der Waals surface area contributed by atoms with E-state index in [9.17, 15) is 4.79 Å². The molecule has 1 aliphatic carbocycles. The summed E-state index contributed by atoms with van der Waals surface area (Å²) in [6.07, 6.45) is 3.94. The number of hydrogen-bond donors (Lipinski definition) is 2. The first-order valence-corrected chi connectivity index (χ1v) is 8.07. The van der Waals surface area contributed by atoms with Crippen molar-refractivity contribution in [3.05, 3.63) is 34.9 Å². The van der Waals surface area contributed by atoms with E-state index in [-0.39, 0.29) is 17.5 Å². The van der Waals surface area contributed by atoms with E-state index in [2.05, 4.69) is 25.5 Å². The first-order valence-electron chi connectivity index (χ1n) is 7.69. The third kappa shape index (κ3) is 2.80. The van der Waals surface area contributed by atoms with Crippen molar-refractivity contribution in [1.29, 1.82) is 0 Å². The van der Waals surface area contributed by atoms with Gasteiger partial charge in [-0.15, -0.1) is 0 Å². The van der Waals surface area contributed by atoms with Crippen molar-refractivity contribution in [2.24, 2.45) is 0 Å². The molecule has 0 saturated heterocycles. The van der Waals surface area contributed by atoms with Crippen molar-refractivity contribution in [3.8, 4) is 0 Å². The molecule has 4 rings (SSSR count). The summed E-state index contributed by atoms with van der Waals surface area (Å²) in [7, 11) is 0. The largest absolute Gasteiger partial charge is 0.461 e. The molecule has 0 bridgehead atoms. The number of hydrogen-bond acceptors (Lipinski definition) is 6. The molecule has 3 aromatic rings. The maximum atomic E-state index is 11.9. The van der Waals surface area contributed by atoms with Crippen LogP contribution in [0, 0.1) is 0 Å². The molecule has 0 amide bonds. The van der Waals surface area contributed by atoms with Gasteiger partial charge in [-0.3, -0.25) is 9.50 Å². The number of carbonyl (C=O) groups excluding carboxylic acids is 1. The Hall–Kier alpha value is -2.61. The average molecular weight is 347 g/mol. The number of rotatable bonds is 5. The molecular weight excluding hydrogens is 332 g/mol. The van der Waals surface area contributed by atoms with Gasteiger partial charge in [0.15, 0.2) is 11.5 Å². The quantitative estimate of drug-likeness (QED) is 0.544. The lowest BCUT2D eigenvalue weighted by atomic mass is 10.3. The molecule has 3 heterocycles. The first kappa shape index (κ1) is 14.9. The number of carbonyl (C=O) groups is 1. The van der Waals surface area contributed by atoms with Crippen LogP contribution in [0.25, 0.3) is 5.65 Å². The second kappa shape index (κ2) is 5.79. The highest BCUT2D eigenvalue weighted by Gasteiger charge is 2.25. The van der Waals surface area contributed by atoms with Crippen LogP contribution in [-0.2, 0) is 4.74 Å². The van der Waals surface area contributed by atoms with Gasteiger partial charge in [-0.1, -0.05) is 11.6 Å². The monoisotopic (exact) mass is 346 g/mol. The minimum Gasteiger partial charge on any atom is -0.461 e. The summed E-state index contributed by atoms with van der Waals surface area (Å²) in [5, 5.41) is 10.6. The Morgan fingerprint density at radius 3 is 3.04 bits per heavy atom. The van der Waals surface area contributed by atoms with E-state index in [1.54, 1.807) is 23.6 Å². The van der Waals surface area contributed by atoms with Crippen LogP contribution in [0.15, 0.2) is 18.3 Å². The second-order valence-electron chi connectivity index (χ2n) is 5.59. The summed E-state index contributed by atoms with van der Waals surface area (Å²) in [6.45, 7) is 2.03. The van der Waals surface area contributed by atoms with Crippen LogP contribution in [0.2, 0.25) is 5.15 Å². The van der Waals surface area contributed by atoms with Crippen LogP contribution in [0.4, 0.5) is 11.8 Å². The fourth-order valence-electron chi connectivity index (χ4n) is 2.47. The van der Waals surface area contributed by atoms with E-state index in [0.717, 1.165) is 5.69 Å². The summed E-state index contributed by atoms with van der Waals surface area (Å²) in [4.78, 5) is 20.4. The zero-order chi connectivity index (χ0) is 16.7. The molecule has 0 aliphatic heterocycles. The molecule has 2 N–H and O–H groups in total. The standard InChI is InChI=1S/C15H15ClN6O2/c1-2-24-14(23)10-7-22-13(17-10)6-11(16)18-15(22)19-12-5-9(20-21-12)8-3-4-8/h5-8H,2-4H2,1H3,(H2,18,19,20,21). The molecule has 1 saturated carbocycles. The summed E-state index contributed by atoms with van der Waals surface area (Å²) >= 11 is 6.06. The van der Waals surface area contributed by atoms with Crippen molar-refractivity contribution in [1.82, 2.24) is 24.6 Å². The van der Waals surface area contributed by atoms with Crippen LogP contribution in [-0.4, -0.2) is 37.1 Å². The number of nitrogens with zero attached hydrogens (tertiary/aromatic N) is 4. The predicted molar refractivity (Wildman–Crippen MR) is 87.8 cm³/mol. The van der Waals surface area contributed by atoms with Crippen LogP contribution in [0.5, 0.6) is 0 Å². The lowest BCUT2D eigenvalue weighted by molar-refractivity contribution is 0.0520. The van der Waals surface area contributed by atoms with E-state index < -0.39 is 5.97 Å². The van der Waals surface area contributed by atoms with E-state index in [1.807, 2.05) is 6.07 Å². The van der Waals surface area contributed by atoms with Gasteiger partial charge in [0.25, 0.3) is 0 Å². The molecular formula is C15H15ClN6O2. The summed E-state index contributed by atoms with van der Waals surface area (Å²) in [5.41, 5.74) is 1.80. The highest BCUT2D eigenvalue weighted by atomic mass is 35.5.